The van der Waals surface area contributed by atoms with Gasteiger partial charge in [-0.3, -0.25) is 0 Å². The van der Waals surface area contributed by atoms with Crippen LogP contribution in [0.2, 0.25) is 0 Å². The molecule has 1 fully saturated rings. The zero-order valence-corrected chi connectivity index (χ0v) is 10.3. The van der Waals surface area contributed by atoms with Gasteiger partial charge in [-0.15, -0.1) is 0 Å². The monoisotopic (exact) mass is 243 g/mol. The molecule has 0 bridgehead atoms. The highest BCUT2D eigenvalue weighted by Crippen LogP contribution is 2.20. The van der Waals surface area contributed by atoms with E-state index in [1.54, 1.807) is 6.92 Å². The maximum absolute atomic E-state index is 10.7. The second kappa shape index (κ2) is 9.69. The average molecular weight is 243 g/mol. The van der Waals surface area contributed by atoms with Gasteiger partial charge in [0.05, 0.1) is 6.61 Å². The van der Waals surface area contributed by atoms with Crippen molar-refractivity contribution in [3.05, 3.63) is 12.7 Å². The highest BCUT2D eigenvalue weighted by Gasteiger charge is 2.15. The number of hydrogen-bond acceptors (Lipinski definition) is 4. The highest BCUT2D eigenvalue weighted by atomic mass is 16.5. The smallest absolute Gasteiger partial charge is 0.404 e. The molecule has 2 N–H and O–H groups in total. The largest absolute Gasteiger partial charge is 0.459 e. The van der Waals surface area contributed by atoms with Crippen LogP contribution in [0.1, 0.15) is 39.0 Å². The number of nitrogens with two attached hydrogens (primary N) is 1. The van der Waals surface area contributed by atoms with Crippen molar-refractivity contribution in [3.63, 3.8) is 0 Å². The van der Waals surface area contributed by atoms with Gasteiger partial charge >= 0.3 is 12.1 Å². The fourth-order valence-electron chi connectivity index (χ4n) is 1.54. The van der Waals surface area contributed by atoms with Gasteiger partial charge in [-0.1, -0.05) is 13.0 Å². The Kier molecular flexibility index (Phi) is 8.82. The van der Waals surface area contributed by atoms with E-state index in [9.17, 15) is 9.59 Å². The molecule has 0 aromatic heterocycles. The van der Waals surface area contributed by atoms with Crippen LogP contribution >= 0.6 is 0 Å². The third-order valence-electron chi connectivity index (χ3n) is 2.29. The third kappa shape index (κ3) is 9.41. The molecule has 0 unspecified atom stereocenters. The Morgan fingerprint density at radius 2 is 1.94 bits per heavy atom. The molecule has 0 saturated heterocycles. The van der Waals surface area contributed by atoms with Crippen LogP contribution in [-0.4, -0.2) is 24.8 Å². The Hall–Kier alpha value is -1.52. The number of carbonyl (C=O) groups excluding carboxylic acids is 2. The fourth-order valence-corrected chi connectivity index (χ4v) is 1.54. The standard InChI is InChI=1S/C9H14O2.C3H7NO2/c1-2-9(10)11-8-6-4-3-5-7-8;1-2-6-3(4)5/h2,8H,1,3-7H2;2H2,1H3,(H2,4,5). The van der Waals surface area contributed by atoms with Crippen molar-refractivity contribution in [2.75, 3.05) is 6.61 Å². The quantitative estimate of drug-likeness (QED) is 0.608. The van der Waals surface area contributed by atoms with Gasteiger partial charge in [-0.25, -0.2) is 9.59 Å². The summed E-state index contributed by atoms with van der Waals surface area (Å²) in [5, 5.41) is 0. The average Bonchev–Trinajstić information content (AvgIpc) is 2.31. The number of esters is 1. The van der Waals surface area contributed by atoms with Gasteiger partial charge in [-0.05, 0) is 32.6 Å². The summed E-state index contributed by atoms with van der Waals surface area (Å²) in [5.41, 5.74) is 4.54. The lowest BCUT2D eigenvalue weighted by atomic mass is 9.98. The summed E-state index contributed by atoms with van der Waals surface area (Å²) < 4.78 is 9.26. The van der Waals surface area contributed by atoms with E-state index in [-0.39, 0.29) is 12.1 Å². The molecule has 1 saturated carbocycles. The Balaban J connectivity index is 0.000000366. The molecule has 1 aliphatic rings. The Bertz CT molecular complexity index is 247. The summed E-state index contributed by atoms with van der Waals surface area (Å²) >= 11 is 0. The van der Waals surface area contributed by atoms with Crippen molar-refractivity contribution in [1.29, 1.82) is 0 Å². The number of hydrogen-bond donors (Lipinski definition) is 1. The molecule has 0 aliphatic heterocycles. The van der Waals surface area contributed by atoms with Gasteiger partial charge in [0.2, 0.25) is 0 Å². The van der Waals surface area contributed by atoms with Crippen molar-refractivity contribution in [2.45, 2.75) is 45.1 Å². The van der Waals surface area contributed by atoms with Gasteiger partial charge in [-0.2, -0.15) is 0 Å². The summed E-state index contributed by atoms with van der Waals surface area (Å²) in [6.45, 7) is 5.41. The molecule has 0 radical (unpaired) electrons. The topological polar surface area (TPSA) is 78.6 Å². The molecule has 0 aromatic rings. The van der Waals surface area contributed by atoms with Crippen molar-refractivity contribution in [1.82, 2.24) is 0 Å². The molecule has 5 heteroatoms. The molecule has 5 nitrogen and oxygen atoms in total. The molecular formula is C12H21NO4. The first kappa shape index (κ1) is 15.5. The van der Waals surface area contributed by atoms with Crippen LogP contribution in [0.4, 0.5) is 4.79 Å². The normalized spacial score (nSPS) is 15.1. The number of rotatable bonds is 3. The second-order valence-electron chi connectivity index (χ2n) is 3.65. The molecule has 1 amide bonds. The lowest BCUT2D eigenvalue weighted by molar-refractivity contribution is -0.144. The van der Waals surface area contributed by atoms with E-state index in [4.69, 9.17) is 4.74 Å². The van der Waals surface area contributed by atoms with Crippen LogP contribution in [-0.2, 0) is 14.3 Å². The lowest BCUT2D eigenvalue weighted by Gasteiger charge is -2.20. The van der Waals surface area contributed by atoms with E-state index in [0.717, 1.165) is 12.8 Å². The van der Waals surface area contributed by atoms with Gasteiger partial charge in [0.1, 0.15) is 6.10 Å². The van der Waals surface area contributed by atoms with Gasteiger partial charge in [0.25, 0.3) is 0 Å². The zero-order valence-electron chi connectivity index (χ0n) is 10.3. The van der Waals surface area contributed by atoms with Crippen LogP contribution < -0.4 is 5.73 Å². The predicted molar refractivity (Wildman–Crippen MR) is 64.4 cm³/mol. The van der Waals surface area contributed by atoms with E-state index < -0.39 is 6.09 Å². The van der Waals surface area contributed by atoms with Crippen LogP contribution in [0.25, 0.3) is 0 Å². The number of ether oxygens (including phenoxy) is 2. The molecule has 1 rings (SSSR count). The van der Waals surface area contributed by atoms with E-state index >= 15 is 0 Å². The molecule has 0 spiro atoms. The maximum atomic E-state index is 10.7. The van der Waals surface area contributed by atoms with Crippen LogP contribution in [0.3, 0.4) is 0 Å². The maximum Gasteiger partial charge on any atom is 0.404 e. The van der Waals surface area contributed by atoms with Crippen molar-refractivity contribution >= 4 is 12.1 Å². The number of carbonyl (C=O) groups is 2. The Morgan fingerprint density at radius 1 is 1.35 bits per heavy atom. The zero-order chi connectivity index (χ0) is 13.1. The first-order valence-corrected chi connectivity index (χ1v) is 5.85. The van der Waals surface area contributed by atoms with Gasteiger partial charge in [0, 0.05) is 6.08 Å². The molecule has 0 heterocycles. The fraction of sp³-hybridized carbons (Fsp3) is 0.667. The number of amides is 1. The van der Waals surface area contributed by atoms with E-state index in [0.29, 0.717) is 6.61 Å². The molecule has 0 aromatic carbocycles. The number of primary amides is 1. The third-order valence-corrected chi connectivity index (χ3v) is 2.29. The van der Waals surface area contributed by atoms with E-state index in [1.807, 2.05) is 0 Å². The van der Waals surface area contributed by atoms with E-state index in [2.05, 4.69) is 17.0 Å². The van der Waals surface area contributed by atoms with E-state index in [1.165, 1.54) is 25.3 Å². The summed E-state index contributed by atoms with van der Waals surface area (Å²) in [6, 6.07) is 0. The molecular weight excluding hydrogens is 222 g/mol. The molecule has 1 aliphatic carbocycles. The van der Waals surface area contributed by atoms with Crippen molar-refractivity contribution < 1.29 is 19.1 Å². The first-order valence-electron chi connectivity index (χ1n) is 5.85. The first-order chi connectivity index (χ1) is 8.10. The van der Waals surface area contributed by atoms with Crippen LogP contribution in [0, 0.1) is 0 Å². The summed E-state index contributed by atoms with van der Waals surface area (Å²) in [5.74, 6) is -0.281. The van der Waals surface area contributed by atoms with Crippen molar-refractivity contribution in [2.24, 2.45) is 5.73 Å². The Morgan fingerprint density at radius 3 is 2.29 bits per heavy atom. The predicted octanol–water partition coefficient (Wildman–Crippen LogP) is 2.15. The highest BCUT2D eigenvalue weighted by molar-refractivity contribution is 5.81. The van der Waals surface area contributed by atoms with Crippen LogP contribution in [0.5, 0.6) is 0 Å². The van der Waals surface area contributed by atoms with Gasteiger partial charge in [0.15, 0.2) is 0 Å². The lowest BCUT2D eigenvalue weighted by Crippen LogP contribution is -2.19. The molecule has 17 heavy (non-hydrogen) atoms. The minimum atomic E-state index is -0.711. The van der Waals surface area contributed by atoms with Gasteiger partial charge < -0.3 is 15.2 Å². The summed E-state index contributed by atoms with van der Waals surface area (Å²) in [4.78, 5) is 20.3. The summed E-state index contributed by atoms with van der Waals surface area (Å²) in [7, 11) is 0. The summed E-state index contributed by atoms with van der Waals surface area (Å²) in [6.07, 6.45) is 6.40. The minimum Gasteiger partial charge on any atom is -0.459 e. The minimum absolute atomic E-state index is 0.161. The second-order valence-corrected chi connectivity index (χ2v) is 3.65. The Labute approximate surface area is 102 Å². The van der Waals surface area contributed by atoms with Crippen molar-refractivity contribution in [3.8, 4) is 0 Å². The molecule has 98 valence electrons. The molecule has 0 atom stereocenters. The SMILES string of the molecule is C=CC(=O)OC1CCCCC1.CCOC(N)=O. The van der Waals surface area contributed by atoms with Crippen LogP contribution in [0.15, 0.2) is 12.7 Å².